The third kappa shape index (κ3) is 6.32. The van der Waals surface area contributed by atoms with Crippen LogP contribution in [0, 0.1) is 16.0 Å². The standard InChI is InChI=1S/C26H30N6O3/c1-31(2)25-22-5-3-4-6-23(22)29-26(30-25)28-20-12-7-19(8-13-20)17-27-24(33)16-11-18-9-14-21(15-10-18)32(34)35/h3-6,9-11,14-16,19-20H,7-8,12-13,17H2,1-2H3,(H,27,33)(H,28,29,30)/b16-11+. The van der Waals surface area contributed by atoms with Crippen LogP contribution >= 0.6 is 0 Å². The molecule has 0 saturated heterocycles. The molecule has 0 atom stereocenters. The number of hydrogen-bond donors (Lipinski definition) is 2. The summed E-state index contributed by atoms with van der Waals surface area (Å²) in [6, 6.07) is 14.4. The summed E-state index contributed by atoms with van der Waals surface area (Å²) in [7, 11) is 3.97. The van der Waals surface area contributed by atoms with Gasteiger partial charge in [-0.3, -0.25) is 14.9 Å². The zero-order chi connectivity index (χ0) is 24.8. The van der Waals surface area contributed by atoms with Crippen LogP contribution in [0.2, 0.25) is 0 Å². The van der Waals surface area contributed by atoms with Gasteiger partial charge in [0.1, 0.15) is 5.82 Å². The zero-order valence-electron chi connectivity index (χ0n) is 20.0. The van der Waals surface area contributed by atoms with Crippen molar-refractivity contribution in [3.63, 3.8) is 0 Å². The van der Waals surface area contributed by atoms with E-state index in [2.05, 4.69) is 10.6 Å². The minimum absolute atomic E-state index is 0.0296. The number of benzene rings is 2. The lowest BCUT2D eigenvalue weighted by Crippen LogP contribution is -2.33. The van der Waals surface area contributed by atoms with Crippen LogP contribution in [0.4, 0.5) is 17.5 Å². The number of fused-ring (bicyclic) bond motifs is 1. The van der Waals surface area contributed by atoms with E-state index in [1.54, 1.807) is 18.2 Å². The summed E-state index contributed by atoms with van der Waals surface area (Å²) < 4.78 is 0. The lowest BCUT2D eigenvalue weighted by molar-refractivity contribution is -0.384. The molecule has 0 radical (unpaired) electrons. The molecule has 182 valence electrons. The number of nitro groups is 1. The number of non-ortho nitro benzene ring substituents is 1. The Morgan fingerprint density at radius 3 is 2.49 bits per heavy atom. The maximum atomic E-state index is 12.2. The highest BCUT2D eigenvalue weighted by molar-refractivity contribution is 5.92. The van der Waals surface area contributed by atoms with Gasteiger partial charge in [0, 0.05) is 50.3 Å². The van der Waals surface area contributed by atoms with Crippen molar-refractivity contribution in [3.8, 4) is 0 Å². The van der Waals surface area contributed by atoms with Crippen molar-refractivity contribution >= 4 is 40.3 Å². The Balaban J connectivity index is 1.25. The second kappa shape index (κ2) is 10.9. The van der Waals surface area contributed by atoms with E-state index in [0.717, 1.165) is 48.0 Å². The van der Waals surface area contributed by atoms with E-state index < -0.39 is 4.92 Å². The van der Waals surface area contributed by atoms with Crippen LogP contribution < -0.4 is 15.5 Å². The summed E-state index contributed by atoms with van der Waals surface area (Å²) >= 11 is 0. The molecular weight excluding hydrogens is 444 g/mol. The molecule has 2 aromatic carbocycles. The monoisotopic (exact) mass is 474 g/mol. The number of nitrogens with zero attached hydrogens (tertiary/aromatic N) is 4. The molecule has 3 aromatic rings. The molecule has 0 aliphatic heterocycles. The molecule has 35 heavy (non-hydrogen) atoms. The van der Waals surface area contributed by atoms with Crippen molar-refractivity contribution < 1.29 is 9.72 Å². The Hall–Kier alpha value is -4.01. The molecule has 1 saturated carbocycles. The average molecular weight is 475 g/mol. The number of para-hydroxylation sites is 1. The van der Waals surface area contributed by atoms with Gasteiger partial charge in [-0.2, -0.15) is 4.98 Å². The van der Waals surface area contributed by atoms with Crippen molar-refractivity contribution in [3.05, 3.63) is 70.3 Å². The Morgan fingerprint density at radius 1 is 1.09 bits per heavy atom. The number of amides is 1. The van der Waals surface area contributed by atoms with Crippen molar-refractivity contribution in [1.29, 1.82) is 0 Å². The van der Waals surface area contributed by atoms with E-state index in [9.17, 15) is 14.9 Å². The van der Waals surface area contributed by atoms with Gasteiger partial charge in [-0.1, -0.05) is 12.1 Å². The summed E-state index contributed by atoms with van der Waals surface area (Å²) in [5.41, 5.74) is 1.69. The van der Waals surface area contributed by atoms with E-state index >= 15 is 0 Å². The number of rotatable bonds is 8. The number of nitrogens with one attached hydrogen (secondary N) is 2. The second-order valence-corrected chi connectivity index (χ2v) is 9.07. The molecule has 1 fully saturated rings. The fourth-order valence-electron chi connectivity index (χ4n) is 4.34. The first kappa shape index (κ1) is 24.1. The first-order chi connectivity index (χ1) is 16.9. The molecule has 0 spiro atoms. The van der Waals surface area contributed by atoms with E-state index in [1.807, 2.05) is 43.3 Å². The summed E-state index contributed by atoms with van der Waals surface area (Å²) in [5.74, 6) is 1.82. The summed E-state index contributed by atoms with van der Waals surface area (Å²) in [6.45, 7) is 0.632. The van der Waals surface area contributed by atoms with E-state index in [4.69, 9.17) is 9.97 Å². The van der Waals surface area contributed by atoms with Crippen molar-refractivity contribution in [2.24, 2.45) is 5.92 Å². The summed E-state index contributed by atoms with van der Waals surface area (Å²) in [4.78, 5) is 33.9. The molecule has 9 nitrogen and oxygen atoms in total. The van der Waals surface area contributed by atoms with Gasteiger partial charge in [0.15, 0.2) is 0 Å². The highest BCUT2D eigenvalue weighted by atomic mass is 16.6. The lowest BCUT2D eigenvalue weighted by atomic mass is 9.86. The number of nitro benzene ring substituents is 1. The maximum Gasteiger partial charge on any atom is 0.269 e. The molecule has 0 bridgehead atoms. The Kier molecular flexibility index (Phi) is 7.54. The Labute approximate surface area is 204 Å². The van der Waals surface area contributed by atoms with Gasteiger partial charge in [0.25, 0.3) is 5.69 Å². The van der Waals surface area contributed by atoms with Crippen LogP contribution in [0.1, 0.15) is 31.2 Å². The molecule has 1 amide bonds. The molecular formula is C26H30N6O3. The minimum atomic E-state index is -0.444. The minimum Gasteiger partial charge on any atom is -0.362 e. The average Bonchev–Trinajstić information content (AvgIpc) is 2.86. The quantitative estimate of drug-likeness (QED) is 0.282. The van der Waals surface area contributed by atoms with Gasteiger partial charge < -0.3 is 15.5 Å². The molecule has 1 aromatic heterocycles. The fourth-order valence-corrected chi connectivity index (χ4v) is 4.34. The molecule has 0 unspecified atom stereocenters. The van der Waals surface area contributed by atoms with Crippen LogP contribution in [0.25, 0.3) is 17.0 Å². The Morgan fingerprint density at radius 2 is 1.80 bits per heavy atom. The zero-order valence-corrected chi connectivity index (χ0v) is 20.0. The molecule has 4 rings (SSSR count). The molecule has 2 N–H and O–H groups in total. The van der Waals surface area contributed by atoms with Crippen LogP contribution in [0.3, 0.4) is 0 Å². The molecule has 1 aliphatic rings. The number of aromatic nitrogens is 2. The predicted octanol–water partition coefficient (Wildman–Crippen LogP) is 4.40. The highest BCUT2D eigenvalue weighted by Gasteiger charge is 2.22. The van der Waals surface area contributed by atoms with E-state index in [-0.39, 0.29) is 11.6 Å². The summed E-state index contributed by atoms with van der Waals surface area (Å²) in [6.07, 6.45) is 7.13. The van der Waals surface area contributed by atoms with Crippen LogP contribution in [-0.4, -0.2) is 47.5 Å². The number of carbonyl (C=O) groups is 1. The third-order valence-corrected chi connectivity index (χ3v) is 6.28. The van der Waals surface area contributed by atoms with E-state index in [1.165, 1.54) is 18.2 Å². The van der Waals surface area contributed by atoms with Gasteiger partial charge in [0.2, 0.25) is 11.9 Å². The normalized spacial score (nSPS) is 17.9. The number of hydrogen-bond acceptors (Lipinski definition) is 7. The van der Waals surface area contributed by atoms with Gasteiger partial charge in [-0.15, -0.1) is 0 Å². The Bertz CT molecular complexity index is 1220. The van der Waals surface area contributed by atoms with Gasteiger partial charge in [0.05, 0.1) is 10.4 Å². The third-order valence-electron chi connectivity index (χ3n) is 6.28. The molecule has 1 aliphatic carbocycles. The van der Waals surface area contributed by atoms with Crippen molar-refractivity contribution in [2.45, 2.75) is 31.7 Å². The van der Waals surface area contributed by atoms with Crippen molar-refractivity contribution in [2.75, 3.05) is 30.9 Å². The maximum absolute atomic E-state index is 12.2. The van der Waals surface area contributed by atoms with Crippen LogP contribution in [0.5, 0.6) is 0 Å². The van der Waals surface area contributed by atoms with Gasteiger partial charge in [-0.05, 0) is 67.5 Å². The smallest absolute Gasteiger partial charge is 0.269 e. The fraction of sp³-hybridized carbons (Fsp3) is 0.346. The van der Waals surface area contributed by atoms with Gasteiger partial charge in [-0.25, -0.2) is 4.98 Å². The highest BCUT2D eigenvalue weighted by Crippen LogP contribution is 2.28. The molecule has 1 heterocycles. The van der Waals surface area contributed by atoms with E-state index in [0.29, 0.717) is 24.5 Å². The molecule has 9 heteroatoms. The van der Waals surface area contributed by atoms with Gasteiger partial charge >= 0.3 is 0 Å². The van der Waals surface area contributed by atoms with Crippen LogP contribution in [0.15, 0.2) is 54.6 Å². The van der Waals surface area contributed by atoms with Crippen molar-refractivity contribution in [1.82, 2.24) is 15.3 Å². The number of carbonyl (C=O) groups excluding carboxylic acids is 1. The lowest BCUT2D eigenvalue weighted by Gasteiger charge is -2.29. The van der Waals surface area contributed by atoms with Crippen LogP contribution in [-0.2, 0) is 4.79 Å². The second-order valence-electron chi connectivity index (χ2n) is 9.07. The first-order valence-electron chi connectivity index (χ1n) is 11.8. The SMILES string of the molecule is CN(C)c1nc(NC2CCC(CNC(=O)/C=C/c3ccc([N+](=O)[O-])cc3)CC2)nc2ccccc12. The predicted molar refractivity (Wildman–Crippen MR) is 138 cm³/mol. The summed E-state index contributed by atoms with van der Waals surface area (Å²) in [5, 5.41) is 18.2. The first-order valence-corrected chi connectivity index (χ1v) is 11.8. The number of anilines is 2. The largest absolute Gasteiger partial charge is 0.362 e. The topological polar surface area (TPSA) is 113 Å².